The maximum absolute atomic E-state index is 13.4. The van der Waals surface area contributed by atoms with Crippen LogP contribution in [0.15, 0.2) is 54.6 Å². The molecule has 0 aromatic heterocycles. The minimum Gasteiger partial charge on any atom is -0.475 e. The number of nitrogens with two attached hydrogens (primary N) is 2. The minimum absolute atomic E-state index is 0.0769. The van der Waals surface area contributed by atoms with Crippen LogP contribution in [0.3, 0.4) is 0 Å². The van der Waals surface area contributed by atoms with Crippen molar-refractivity contribution in [2.45, 2.75) is 70.3 Å². The normalized spacial score (nSPS) is 13.6. The SMILES string of the molecule is CC[C@@H](C)[C@@H](N)C(=O)N[C@@H](Cc1ccccc1)C(=O)N[C@@H](CCCCN)C(=O)Nc1ccc([N+](=O)[O-])cc1.O=C(O)C(F)(F)F. The minimum atomic E-state index is -5.08. The average molecular weight is 641 g/mol. The summed E-state index contributed by atoms with van der Waals surface area (Å²) < 4.78 is 31.7. The Morgan fingerprint density at radius 2 is 1.49 bits per heavy atom. The van der Waals surface area contributed by atoms with Gasteiger partial charge in [0.1, 0.15) is 12.1 Å². The molecule has 16 heteroatoms. The van der Waals surface area contributed by atoms with E-state index in [0.29, 0.717) is 37.9 Å². The summed E-state index contributed by atoms with van der Waals surface area (Å²) in [6.07, 6.45) is -2.60. The molecule has 0 heterocycles. The maximum atomic E-state index is 13.4. The number of non-ortho nitro benzene ring substituents is 1. The molecule has 45 heavy (non-hydrogen) atoms. The number of carboxylic acid groups (broad SMARTS) is 1. The molecule has 2 aromatic carbocycles. The zero-order valence-corrected chi connectivity index (χ0v) is 24.9. The van der Waals surface area contributed by atoms with Gasteiger partial charge in [-0.1, -0.05) is 50.6 Å². The van der Waals surface area contributed by atoms with Crippen LogP contribution >= 0.6 is 0 Å². The van der Waals surface area contributed by atoms with Crippen molar-refractivity contribution in [3.63, 3.8) is 0 Å². The van der Waals surface area contributed by atoms with Crippen LogP contribution in [0.2, 0.25) is 0 Å². The van der Waals surface area contributed by atoms with E-state index in [4.69, 9.17) is 21.4 Å². The summed E-state index contributed by atoms with van der Waals surface area (Å²) in [4.78, 5) is 58.6. The molecule has 4 atom stereocenters. The quantitative estimate of drug-likeness (QED) is 0.0956. The fraction of sp³-hybridized carbons (Fsp3) is 0.448. The van der Waals surface area contributed by atoms with Gasteiger partial charge in [-0.05, 0) is 49.4 Å². The number of carbonyl (C=O) groups is 4. The predicted octanol–water partition coefficient (Wildman–Crippen LogP) is 2.88. The highest BCUT2D eigenvalue weighted by molar-refractivity contribution is 5.98. The Morgan fingerprint density at radius 1 is 0.933 bits per heavy atom. The van der Waals surface area contributed by atoms with E-state index in [1.54, 1.807) is 0 Å². The Hall–Kier alpha value is -4.57. The molecular weight excluding hydrogens is 601 g/mol. The van der Waals surface area contributed by atoms with E-state index < -0.39 is 52.9 Å². The number of hydrogen-bond acceptors (Lipinski definition) is 8. The molecule has 0 aliphatic carbocycles. The van der Waals surface area contributed by atoms with E-state index in [9.17, 15) is 37.7 Å². The molecule has 0 saturated carbocycles. The summed E-state index contributed by atoms with van der Waals surface area (Å²) in [7, 11) is 0. The molecule has 13 nitrogen and oxygen atoms in total. The second-order valence-corrected chi connectivity index (χ2v) is 10.1. The molecule has 248 valence electrons. The van der Waals surface area contributed by atoms with Crippen LogP contribution in [0.5, 0.6) is 0 Å². The molecule has 2 rings (SSSR count). The molecule has 8 N–H and O–H groups in total. The van der Waals surface area contributed by atoms with Crippen molar-refractivity contribution in [3.05, 3.63) is 70.3 Å². The number of nitrogens with zero attached hydrogens (tertiary/aromatic N) is 1. The van der Waals surface area contributed by atoms with Crippen LogP contribution in [-0.2, 0) is 25.6 Å². The Labute approximate surface area is 258 Å². The number of rotatable bonds is 15. The van der Waals surface area contributed by atoms with Crippen LogP contribution < -0.4 is 27.4 Å². The average Bonchev–Trinajstić information content (AvgIpc) is 2.99. The number of nitro benzene ring substituents is 1. The second kappa shape index (κ2) is 19.0. The third-order valence-electron chi connectivity index (χ3n) is 6.64. The first kappa shape index (κ1) is 38.5. The lowest BCUT2D eigenvalue weighted by molar-refractivity contribution is -0.384. The Bertz CT molecular complexity index is 1260. The van der Waals surface area contributed by atoms with Crippen LogP contribution in [-0.4, -0.2) is 64.6 Å². The van der Waals surface area contributed by atoms with Gasteiger partial charge in [0, 0.05) is 24.2 Å². The van der Waals surface area contributed by atoms with E-state index >= 15 is 0 Å². The van der Waals surface area contributed by atoms with E-state index in [1.807, 2.05) is 44.2 Å². The van der Waals surface area contributed by atoms with Crippen LogP contribution in [0.1, 0.15) is 45.1 Å². The summed E-state index contributed by atoms with van der Waals surface area (Å²) in [5.74, 6) is -4.27. The third kappa shape index (κ3) is 14.2. The molecule has 3 amide bonds. The molecular formula is C29H39F3N6O7. The summed E-state index contributed by atoms with van der Waals surface area (Å²) in [5, 5.41) is 26.3. The number of unbranched alkanes of at least 4 members (excludes halogenated alkanes) is 1. The smallest absolute Gasteiger partial charge is 0.475 e. The van der Waals surface area contributed by atoms with Gasteiger partial charge in [-0.15, -0.1) is 0 Å². The highest BCUT2D eigenvalue weighted by Crippen LogP contribution is 2.17. The van der Waals surface area contributed by atoms with Crippen molar-refractivity contribution >= 4 is 35.1 Å². The van der Waals surface area contributed by atoms with Gasteiger partial charge in [-0.2, -0.15) is 13.2 Å². The first-order valence-electron chi connectivity index (χ1n) is 14.1. The van der Waals surface area contributed by atoms with Crippen molar-refractivity contribution in [1.29, 1.82) is 0 Å². The number of nitrogens with one attached hydrogen (secondary N) is 3. The highest BCUT2D eigenvalue weighted by atomic mass is 19.4. The van der Waals surface area contributed by atoms with Crippen molar-refractivity contribution in [2.24, 2.45) is 17.4 Å². The van der Waals surface area contributed by atoms with Crippen molar-refractivity contribution in [2.75, 3.05) is 11.9 Å². The van der Waals surface area contributed by atoms with Gasteiger partial charge in [-0.25, -0.2) is 4.79 Å². The van der Waals surface area contributed by atoms with Gasteiger partial charge in [-0.3, -0.25) is 24.5 Å². The highest BCUT2D eigenvalue weighted by Gasteiger charge is 2.38. The number of carboxylic acids is 1. The fourth-order valence-corrected chi connectivity index (χ4v) is 3.77. The first-order chi connectivity index (χ1) is 21.1. The molecule has 0 unspecified atom stereocenters. The summed E-state index contributed by atoms with van der Waals surface area (Å²) >= 11 is 0. The number of anilines is 1. The predicted molar refractivity (Wildman–Crippen MR) is 160 cm³/mol. The maximum Gasteiger partial charge on any atom is 0.490 e. The van der Waals surface area contributed by atoms with E-state index in [2.05, 4.69) is 16.0 Å². The van der Waals surface area contributed by atoms with Gasteiger partial charge in [0.2, 0.25) is 17.7 Å². The lowest BCUT2D eigenvalue weighted by atomic mass is 9.98. The Morgan fingerprint density at radius 3 is 1.98 bits per heavy atom. The molecule has 0 aliphatic heterocycles. The molecule has 0 spiro atoms. The van der Waals surface area contributed by atoms with Crippen molar-refractivity contribution in [1.82, 2.24) is 10.6 Å². The molecule has 2 aromatic rings. The third-order valence-corrected chi connectivity index (χ3v) is 6.64. The topological polar surface area (TPSA) is 220 Å². The standard InChI is InChI=1S/C27H38N6O5.C2HF3O2/c1-3-18(2)24(29)27(36)32-23(17-19-9-5-4-6-10-19)26(35)31-22(11-7-8-16-28)25(34)30-20-12-14-21(15-13-20)33(37)38;3-2(4,5)1(6)7/h4-6,9-10,12-15,18,22-24H,3,7-8,11,16-17,28-29H2,1-2H3,(H,30,34)(H,31,35)(H,32,36);(H,6,7)/t18-,22+,23+,24-;/m1./s1. The molecule has 0 aliphatic rings. The number of nitro groups is 1. The first-order valence-corrected chi connectivity index (χ1v) is 14.1. The van der Waals surface area contributed by atoms with Crippen molar-refractivity contribution < 1.29 is 42.4 Å². The Balaban J connectivity index is 0.00000129. The zero-order chi connectivity index (χ0) is 34.2. The molecule has 0 fully saturated rings. The van der Waals surface area contributed by atoms with Gasteiger partial charge in [0.15, 0.2) is 0 Å². The van der Waals surface area contributed by atoms with Crippen LogP contribution in [0, 0.1) is 16.0 Å². The number of carbonyl (C=O) groups excluding carboxylic acids is 3. The number of amides is 3. The lowest BCUT2D eigenvalue weighted by Crippen LogP contribution is -2.56. The van der Waals surface area contributed by atoms with Crippen LogP contribution in [0.4, 0.5) is 24.5 Å². The second-order valence-electron chi connectivity index (χ2n) is 10.1. The number of alkyl halides is 3. The van der Waals surface area contributed by atoms with Gasteiger partial charge in [0.05, 0.1) is 11.0 Å². The number of hydrogen-bond donors (Lipinski definition) is 6. The van der Waals surface area contributed by atoms with Crippen molar-refractivity contribution in [3.8, 4) is 0 Å². The van der Waals surface area contributed by atoms with E-state index in [1.165, 1.54) is 24.3 Å². The van der Waals surface area contributed by atoms with Gasteiger partial charge >= 0.3 is 12.1 Å². The van der Waals surface area contributed by atoms with Gasteiger partial charge < -0.3 is 32.5 Å². The van der Waals surface area contributed by atoms with E-state index in [-0.39, 0.29) is 18.0 Å². The van der Waals surface area contributed by atoms with E-state index in [0.717, 1.165) is 5.56 Å². The molecule has 0 saturated heterocycles. The zero-order valence-electron chi connectivity index (χ0n) is 24.9. The largest absolute Gasteiger partial charge is 0.490 e. The number of aliphatic carboxylic acids is 1. The number of halogens is 3. The monoisotopic (exact) mass is 640 g/mol. The van der Waals surface area contributed by atoms with Gasteiger partial charge in [0.25, 0.3) is 5.69 Å². The molecule has 0 radical (unpaired) electrons. The Kier molecular flexibility index (Phi) is 16.2. The summed E-state index contributed by atoms with van der Waals surface area (Å²) in [5.41, 5.74) is 12.8. The lowest BCUT2D eigenvalue weighted by Gasteiger charge is -2.25. The fourth-order valence-electron chi connectivity index (χ4n) is 3.77. The number of benzene rings is 2. The summed E-state index contributed by atoms with van der Waals surface area (Å²) in [6.45, 7) is 4.23. The summed E-state index contributed by atoms with van der Waals surface area (Å²) in [6, 6.07) is 12.0. The van der Waals surface area contributed by atoms with Crippen LogP contribution in [0.25, 0.3) is 0 Å². The molecule has 0 bridgehead atoms.